The lowest BCUT2D eigenvalue weighted by molar-refractivity contribution is -0.161. The number of phosphoric acid groups is 2. The van der Waals surface area contributed by atoms with Crippen molar-refractivity contribution in [2.24, 2.45) is 11.8 Å². The van der Waals surface area contributed by atoms with E-state index in [1.807, 2.05) is 0 Å². The van der Waals surface area contributed by atoms with Crippen LogP contribution in [0.15, 0.2) is 0 Å². The number of ether oxygens (including phenoxy) is 4. The molecule has 6 atom stereocenters. The van der Waals surface area contributed by atoms with Gasteiger partial charge in [0, 0.05) is 25.7 Å². The smallest absolute Gasteiger partial charge is 0.462 e. The van der Waals surface area contributed by atoms with Crippen LogP contribution in [0.5, 0.6) is 0 Å². The van der Waals surface area contributed by atoms with Gasteiger partial charge in [0.2, 0.25) is 0 Å². The molecule has 3 unspecified atom stereocenters. The minimum Gasteiger partial charge on any atom is -0.462 e. The molecule has 93 heavy (non-hydrogen) atoms. The normalized spacial score (nSPS) is 14.3. The second-order valence-electron chi connectivity index (χ2n) is 27.4. The van der Waals surface area contributed by atoms with E-state index in [4.69, 9.17) is 37.0 Å². The lowest BCUT2D eigenvalue weighted by atomic mass is 9.99. The van der Waals surface area contributed by atoms with Crippen molar-refractivity contribution < 1.29 is 80.2 Å². The number of aliphatic hydroxyl groups excluding tert-OH is 1. The molecule has 0 saturated carbocycles. The van der Waals surface area contributed by atoms with Crippen molar-refractivity contribution in [2.75, 3.05) is 39.6 Å². The van der Waals surface area contributed by atoms with E-state index in [0.29, 0.717) is 25.7 Å². The summed E-state index contributed by atoms with van der Waals surface area (Å²) in [4.78, 5) is 72.4. The van der Waals surface area contributed by atoms with Gasteiger partial charge in [-0.2, -0.15) is 0 Å². The van der Waals surface area contributed by atoms with E-state index < -0.39 is 97.5 Å². The zero-order valence-corrected chi connectivity index (χ0v) is 62.3. The number of carbonyl (C=O) groups is 4. The quantitative estimate of drug-likeness (QED) is 0.0222. The third-order valence-corrected chi connectivity index (χ3v) is 19.5. The Kier molecular flexibility index (Phi) is 64.6. The minimum atomic E-state index is -4.95. The molecule has 0 spiro atoms. The van der Waals surface area contributed by atoms with Gasteiger partial charge >= 0.3 is 39.5 Å². The molecule has 0 aromatic carbocycles. The van der Waals surface area contributed by atoms with Gasteiger partial charge in [0.25, 0.3) is 0 Å². The van der Waals surface area contributed by atoms with E-state index in [0.717, 1.165) is 121 Å². The van der Waals surface area contributed by atoms with Gasteiger partial charge in [0.15, 0.2) is 12.2 Å². The van der Waals surface area contributed by atoms with Gasteiger partial charge in [0.05, 0.1) is 26.4 Å². The largest absolute Gasteiger partial charge is 0.472 e. The molecule has 0 amide bonds. The molecule has 0 aromatic heterocycles. The first-order valence-electron chi connectivity index (χ1n) is 38.5. The number of rotatable bonds is 73. The maximum Gasteiger partial charge on any atom is 0.472 e. The van der Waals surface area contributed by atoms with E-state index in [-0.39, 0.29) is 25.7 Å². The summed E-state index contributed by atoms with van der Waals surface area (Å²) in [5, 5.41) is 10.6. The van der Waals surface area contributed by atoms with Gasteiger partial charge in [-0.3, -0.25) is 37.3 Å². The summed E-state index contributed by atoms with van der Waals surface area (Å²) < 4.78 is 68.2. The van der Waals surface area contributed by atoms with Crippen LogP contribution >= 0.6 is 15.6 Å². The van der Waals surface area contributed by atoms with Crippen molar-refractivity contribution in [3.05, 3.63) is 0 Å². The summed E-state index contributed by atoms with van der Waals surface area (Å²) in [7, 11) is -9.89. The molecule has 0 saturated heterocycles. The first-order valence-corrected chi connectivity index (χ1v) is 41.5. The van der Waals surface area contributed by atoms with Crippen LogP contribution in [0.1, 0.15) is 382 Å². The SMILES string of the molecule is CCCCCCCCCCC(=O)O[C@H](COC(=O)CCCCCCCCC)COP(=O)(O)OC[C@H](O)COP(=O)(O)OC[C@@H](COC(=O)CCCCCCCCCCCCCCCC(C)C)OC(=O)CCCCCCCCCCCCCCCCCCCCC(C)CC. The molecule has 0 radical (unpaired) electrons. The highest BCUT2D eigenvalue weighted by Gasteiger charge is 2.30. The molecule has 17 nitrogen and oxygen atoms in total. The van der Waals surface area contributed by atoms with Gasteiger partial charge < -0.3 is 33.8 Å². The monoisotopic (exact) mass is 1370 g/mol. The Bertz CT molecular complexity index is 1810. The Balaban J connectivity index is 5.12. The molecule has 0 bridgehead atoms. The molecule has 0 fully saturated rings. The number of unbranched alkanes of at least 4 members (excludes halogenated alkanes) is 42. The Labute approximate surface area is 568 Å². The number of phosphoric ester groups is 2. The highest BCUT2D eigenvalue weighted by molar-refractivity contribution is 7.47. The van der Waals surface area contributed by atoms with Crippen molar-refractivity contribution in [1.82, 2.24) is 0 Å². The second-order valence-corrected chi connectivity index (χ2v) is 30.3. The average Bonchev–Trinajstić information content (AvgIpc) is 2.90. The molecule has 19 heteroatoms. The fraction of sp³-hybridized carbons (Fsp3) is 0.946. The molecule has 3 N–H and O–H groups in total. The Morgan fingerprint density at radius 2 is 0.548 bits per heavy atom. The van der Waals surface area contributed by atoms with Gasteiger partial charge in [-0.25, -0.2) is 9.13 Å². The second kappa shape index (κ2) is 66.0. The molecular weight excluding hydrogens is 1220 g/mol. The van der Waals surface area contributed by atoms with E-state index in [9.17, 15) is 43.2 Å². The molecule has 0 rings (SSSR count). The predicted molar refractivity (Wildman–Crippen MR) is 377 cm³/mol. The van der Waals surface area contributed by atoms with Crippen molar-refractivity contribution in [3.8, 4) is 0 Å². The van der Waals surface area contributed by atoms with Crippen molar-refractivity contribution in [2.45, 2.75) is 400 Å². The van der Waals surface area contributed by atoms with Crippen LogP contribution in [0.2, 0.25) is 0 Å². The average molecular weight is 1370 g/mol. The highest BCUT2D eigenvalue weighted by Crippen LogP contribution is 2.45. The summed E-state index contributed by atoms with van der Waals surface area (Å²) in [6.45, 7) is 9.59. The topological polar surface area (TPSA) is 237 Å². The van der Waals surface area contributed by atoms with Gasteiger partial charge in [-0.1, -0.05) is 330 Å². The third kappa shape index (κ3) is 67.0. The van der Waals surface area contributed by atoms with Crippen LogP contribution in [-0.2, 0) is 65.4 Å². The minimum absolute atomic E-state index is 0.105. The van der Waals surface area contributed by atoms with Gasteiger partial charge in [-0.05, 0) is 37.5 Å². The Morgan fingerprint density at radius 1 is 0.312 bits per heavy atom. The van der Waals surface area contributed by atoms with Crippen molar-refractivity contribution in [1.29, 1.82) is 0 Å². The van der Waals surface area contributed by atoms with Crippen LogP contribution in [0, 0.1) is 11.8 Å². The number of carbonyl (C=O) groups excluding carboxylic acids is 4. The summed E-state index contributed by atoms with van der Waals surface area (Å²) in [6, 6.07) is 0. The van der Waals surface area contributed by atoms with E-state index >= 15 is 0 Å². The highest BCUT2D eigenvalue weighted by atomic mass is 31.2. The first-order chi connectivity index (χ1) is 44.9. The number of hydrogen-bond acceptors (Lipinski definition) is 15. The molecule has 0 heterocycles. The maximum atomic E-state index is 13.1. The van der Waals surface area contributed by atoms with Crippen LogP contribution in [0.3, 0.4) is 0 Å². The molecule has 0 aliphatic carbocycles. The maximum absolute atomic E-state index is 13.1. The molecule has 0 aliphatic rings. The number of aliphatic hydroxyl groups is 1. The van der Waals surface area contributed by atoms with E-state index in [2.05, 4.69) is 41.5 Å². The lowest BCUT2D eigenvalue weighted by Gasteiger charge is -2.21. The zero-order valence-electron chi connectivity index (χ0n) is 60.6. The lowest BCUT2D eigenvalue weighted by Crippen LogP contribution is -2.30. The number of esters is 4. The third-order valence-electron chi connectivity index (χ3n) is 17.6. The van der Waals surface area contributed by atoms with Crippen LogP contribution in [-0.4, -0.2) is 96.7 Å². The van der Waals surface area contributed by atoms with Crippen LogP contribution < -0.4 is 0 Å². The van der Waals surface area contributed by atoms with E-state index in [1.165, 1.54) is 180 Å². The molecule has 0 aromatic rings. The standard InChI is InChI=1S/C74H144O17P2/c1-7-10-12-14-16-39-46-52-58-73(78)90-69(62-84-71(76)56-50-44-36-15-13-11-8-2)64-88-92(80,81)86-60-68(75)61-87-93(82,83)89-65-70(63-85-72(77)57-51-45-40-34-30-27-23-24-28-32-37-42-48-54-66(4)5)91-74(79)59-53-47-41-35-31-26-22-20-18-17-19-21-25-29-33-38-43-49-55-67(6)9-3/h66-70,75H,7-65H2,1-6H3,(H,80,81)(H,82,83)/t67?,68-,69+,70+/m0/s1. The fourth-order valence-corrected chi connectivity index (χ4v) is 12.8. The van der Waals surface area contributed by atoms with E-state index in [1.54, 1.807) is 0 Å². The molecule has 552 valence electrons. The summed E-state index contributed by atoms with van der Waals surface area (Å²) in [6.07, 6.45) is 53.0. The zero-order chi connectivity index (χ0) is 68.6. The summed E-state index contributed by atoms with van der Waals surface area (Å²) >= 11 is 0. The van der Waals surface area contributed by atoms with Crippen molar-refractivity contribution >= 4 is 39.5 Å². The van der Waals surface area contributed by atoms with Gasteiger partial charge in [-0.15, -0.1) is 0 Å². The van der Waals surface area contributed by atoms with Crippen molar-refractivity contribution in [3.63, 3.8) is 0 Å². The number of hydrogen-bond donors (Lipinski definition) is 3. The predicted octanol–water partition coefficient (Wildman–Crippen LogP) is 21.6. The van der Waals surface area contributed by atoms with Crippen LogP contribution in [0.25, 0.3) is 0 Å². The first kappa shape index (κ1) is 91.1. The van der Waals surface area contributed by atoms with Crippen LogP contribution in [0.4, 0.5) is 0 Å². The Hall–Kier alpha value is -1.94. The Morgan fingerprint density at radius 3 is 0.817 bits per heavy atom. The van der Waals surface area contributed by atoms with Gasteiger partial charge in [0.1, 0.15) is 19.3 Å². The molecular formula is C74H144O17P2. The summed E-state index contributed by atoms with van der Waals surface area (Å²) in [5.41, 5.74) is 0. The molecule has 0 aliphatic heterocycles. The fourth-order valence-electron chi connectivity index (χ4n) is 11.3. The summed E-state index contributed by atoms with van der Waals surface area (Å²) in [5.74, 6) is -0.465.